The first-order valence-electron chi connectivity index (χ1n) is 9.39. The van der Waals surface area contributed by atoms with E-state index in [0.717, 1.165) is 26.5 Å². The zero-order chi connectivity index (χ0) is 23.3. The Morgan fingerprint density at radius 3 is 2.66 bits per heavy atom. The van der Waals surface area contributed by atoms with Crippen molar-refractivity contribution in [3.63, 3.8) is 0 Å². The number of fused-ring (bicyclic) bond motifs is 1. The third-order valence-electron chi connectivity index (χ3n) is 4.35. The maximum atomic E-state index is 12.6. The molecule has 0 saturated heterocycles. The lowest BCUT2D eigenvalue weighted by Gasteiger charge is -2.12. The summed E-state index contributed by atoms with van der Waals surface area (Å²) >= 11 is 16.1. The number of amides is 2. The van der Waals surface area contributed by atoms with Crippen molar-refractivity contribution >= 4 is 78.1 Å². The lowest BCUT2D eigenvalue weighted by Crippen LogP contribution is -2.49. The predicted molar refractivity (Wildman–Crippen MR) is 134 cm³/mol. The molecule has 1 heterocycles. The van der Waals surface area contributed by atoms with Crippen molar-refractivity contribution in [3.05, 3.63) is 56.3 Å². The fraction of sp³-hybridized carbons (Fsp3) is 0.190. The Hall–Kier alpha value is -2.40. The molecule has 3 N–H and O–H groups in total. The van der Waals surface area contributed by atoms with Gasteiger partial charge in [-0.25, -0.2) is 0 Å². The highest BCUT2D eigenvalue weighted by Crippen LogP contribution is 2.37. The highest BCUT2D eigenvalue weighted by atomic mass is 79.9. The minimum absolute atomic E-state index is 0.0806. The Balaban J connectivity index is 1.51. The molecule has 0 aliphatic heterocycles. The van der Waals surface area contributed by atoms with Crippen LogP contribution in [0.2, 0.25) is 5.02 Å². The van der Waals surface area contributed by atoms with Crippen LogP contribution < -0.4 is 25.6 Å². The second-order valence-electron chi connectivity index (χ2n) is 6.47. The first kappa shape index (κ1) is 24.2. The van der Waals surface area contributed by atoms with E-state index in [1.165, 1.54) is 11.3 Å². The van der Waals surface area contributed by atoms with E-state index < -0.39 is 11.8 Å². The summed E-state index contributed by atoms with van der Waals surface area (Å²) in [6, 6.07) is 11.0. The number of nitrogens with one attached hydrogen (secondary N) is 3. The number of hydrazine groups is 1. The fourth-order valence-electron chi connectivity index (χ4n) is 2.70. The topological polar surface area (TPSA) is 88.7 Å². The van der Waals surface area contributed by atoms with Crippen LogP contribution >= 0.6 is 51.1 Å². The average molecular weight is 557 g/mol. The molecule has 0 saturated carbocycles. The van der Waals surface area contributed by atoms with Crippen LogP contribution in [0.15, 0.2) is 40.9 Å². The fourth-order valence-corrected chi connectivity index (χ4v) is 4.82. The Labute approximate surface area is 207 Å². The van der Waals surface area contributed by atoms with Gasteiger partial charge in [-0.1, -0.05) is 24.6 Å². The quantitative estimate of drug-likeness (QED) is 0.304. The van der Waals surface area contributed by atoms with Gasteiger partial charge in [0.15, 0.2) is 11.7 Å². The lowest BCUT2D eigenvalue weighted by atomic mass is 10.2. The molecule has 0 fully saturated rings. The van der Waals surface area contributed by atoms with Crippen molar-refractivity contribution in [2.75, 3.05) is 13.7 Å². The van der Waals surface area contributed by atoms with Crippen LogP contribution in [-0.2, 0) is 11.2 Å². The molecule has 32 heavy (non-hydrogen) atoms. The number of carbonyl (C=O) groups excluding carboxylic acids is 2. The standard InChI is InChI=1S/C21H19BrClN3O4S2/c1-3-11-4-7-15(14(22)8-11)30-10-17(27)25-26-21(31)24-20(28)19-18(23)13-6-5-12(29-2)9-16(13)32-19/h4-9H,3,10H2,1-2H3,(H,25,27)(H2,24,26,28,31). The Kier molecular flexibility index (Phi) is 8.30. The molecule has 0 spiro atoms. The van der Waals surface area contributed by atoms with Crippen molar-refractivity contribution in [2.24, 2.45) is 0 Å². The first-order valence-corrected chi connectivity index (χ1v) is 11.8. The molecular formula is C21H19BrClN3O4S2. The van der Waals surface area contributed by atoms with Crippen LogP contribution in [0.3, 0.4) is 0 Å². The van der Waals surface area contributed by atoms with Crippen molar-refractivity contribution in [1.82, 2.24) is 16.2 Å². The molecule has 0 unspecified atom stereocenters. The van der Waals surface area contributed by atoms with Gasteiger partial charge in [-0.15, -0.1) is 11.3 Å². The Morgan fingerprint density at radius 2 is 1.97 bits per heavy atom. The van der Waals surface area contributed by atoms with Crippen molar-refractivity contribution in [2.45, 2.75) is 13.3 Å². The predicted octanol–water partition coefficient (Wildman–Crippen LogP) is 4.60. The third-order valence-corrected chi connectivity index (χ3v) is 6.83. The Morgan fingerprint density at radius 1 is 1.19 bits per heavy atom. The number of ether oxygens (including phenoxy) is 2. The summed E-state index contributed by atoms with van der Waals surface area (Å²) in [4.78, 5) is 24.9. The minimum atomic E-state index is -0.488. The molecule has 7 nitrogen and oxygen atoms in total. The molecule has 11 heteroatoms. The van der Waals surface area contributed by atoms with E-state index >= 15 is 0 Å². The number of hydrogen-bond acceptors (Lipinski definition) is 6. The largest absolute Gasteiger partial charge is 0.497 e. The van der Waals surface area contributed by atoms with Crippen LogP contribution in [0, 0.1) is 0 Å². The molecule has 168 valence electrons. The molecule has 0 bridgehead atoms. The summed E-state index contributed by atoms with van der Waals surface area (Å²) in [5.74, 6) is 0.250. The molecule has 2 amide bonds. The van der Waals surface area contributed by atoms with E-state index in [2.05, 4.69) is 39.0 Å². The van der Waals surface area contributed by atoms with E-state index in [1.54, 1.807) is 31.4 Å². The monoisotopic (exact) mass is 555 g/mol. The first-order chi connectivity index (χ1) is 15.3. The number of hydrogen-bond donors (Lipinski definition) is 3. The van der Waals surface area contributed by atoms with Gasteiger partial charge >= 0.3 is 0 Å². The molecular weight excluding hydrogens is 538 g/mol. The number of thiocarbonyl (C=S) groups is 1. The molecule has 0 aliphatic rings. The van der Waals surface area contributed by atoms with Crippen molar-refractivity contribution in [3.8, 4) is 11.5 Å². The van der Waals surface area contributed by atoms with Crippen LogP contribution in [0.25, 0.3) is 10.1 Å². The van der Waals surface area contributed by atoms with E-state index in [-0.39, 0.29) is 11.7 Å². The van der Waals surface area contributed by atoms with Gasteiger partial charge in [0.2, 0.25) is 0 Å². The number of halogens is 2. The van der Waals surface area contributed by atoms with Gasteiger partial charge in [0.1, 0.15) is 16.4 Å². The van der Waals surface area contributed by atoms with Gasteiger partial charge in [0, 0.05) is 10.1 Å². The zero-order valence-electron chi connectivity index (χ0n) is 17.1. The number of rotatable bonds is 6. The normalized spacial score (nSPS) is 10.5. The van der Waals surface area contributed by atoms with Crippen molar-refractivity contribution < 1.29 is 19.1 Å². The van der Waals surface area contributed by atoms with Gasteiger partial charge in [0.05, 0.1) is 16.6 Å². The van der Waals surface area contributed by atoms with Gasteiger partial charge in [0.25, 0.3) is 11.8 Å². The number of thiophene rings is 1. The second-order valence-corrected chi connectivity index (χ2v) is 9.16. The zero-order valence-corrected chi connectivity index (χ0v) is 21.1. The molecule has 0 aliphatic carbocycles. The molecule has 2 aromatic carbocycles. The molecule has 1 aromatic heterocycles. The van der Waals surface area contributed by atoms with Gasteiger partial charge in [-0.05, 0) is 70.5 Å². The lowest BCUT2D eigenvalue weighted by molar-refractivity contribution is -0.123. The van der Waals surface area contributed by atoms with Crippen LogP contribution in [-0.4, -0.2) is 30.6 Å². The van der Waals surface area contributed by atoms with Crippen LogP contribution in [0.4, 0.5) is 0 Å². The third kappa shape index (κ3) is 5.89. The van der Waals surface area contributed by atoms with Gasteiger partial charge in [-0.3, -0.25) is 25.8 Å². The van der Waals surface area contributed by atoms with Gasteiger partial charge in [-0.2, -0.15) is 0 Å². The highest BCUT2D eigenvalue weighted by molar-refractivity contribution is 9.10. The SMILES string of the molecule is CCc1ccc(OCC(=O)NNC(=S)NC(=O)c2sc3cc(OC)ccc3c2Cl)c(Br)c1. The maximum Gasteiger partial charge on any atom is 0.276 e. The molecule has 0 radical (unpaired) electrons. The van der Waals surface area contributed by atoms with E-state index in [4.69, 9.17) is 33.3 Å². The van der Waals surface area contributed by atoms with Crippen molar-refractivity contribution in [1.29, 1.82) is 0 Å². The summed E-state index contributed by atoms with van der Waals surface area (Å²) < 4.78 is 12.3. The highest BCUT2D eigenvalue weighted by Gasteiger charge is 2.18. The van der Waals surface area contributed by atoms with Gasteiger partial charge < -0.3 is 9.47 Å². The number of methoxy groups -OCH3 is 1. The number of benzene rings is 2. The number of aryl methyl sites for hydroxylation is 1. The summed E-state index contributed by atoms with van der Waals surface area (Å²) in [7, 11) is 1.56. The number of carbonyl (C=O) groups is 2. The molecule has 3 rings (SSSR count). The summed E-state index contributed by atoms with van der Waals surface area (Å²) in [5.41, 5.74) is 6.00. The molecule has 0 atom stereocenters. The summed E-state index contributed by atoms with van der Waals surface area (Å²) in [5, 5.41) is 3.47. The van der Waals surface area contributed by atoms with E-state index in [0.29, 0.717) is 21.4 Å². The summed E-state index contributed by atoms with van der Waals surface area (Å²) in [6.45, 7) is 1.81. The van der Waals surface area contributed by atoms with Crippen LogP contribution in [0.1, 0.15) is 22.2 Å². The molecule has 3 aromatic rings. The summed E-state index contributed by atoms with van der Waals surface area (Å²) in [6.07, 6.45) is 0.896. The van der Waals surface area contributed by atoms with E-state index in [9.17, 15) is 9.59 Å². The van der Waals surface area contributed by atoms with Crippen LogP contribution in [0.5, 0.6) is 11.5 Å². The maximum absolute atomic E-state index is 12.6. The average Bonchev–Trinajstić information content (AvgIpc) is 3.12. The second kappa shape index (κ2) is 11.0. The smallest absolute Gasteiger partial charge is 0.276 e. The minimum Gasteiger partial charge on any atom is -0.497 e. The van der Waals surface area contributed by atoms with E-state index in [1.807, 2.05) is 12.1 Å². The Bertz CT molecular complexity index is 1190.